The van der Waals surface area contributed by atoms with Crippen LogP contribution in [0.4, 0.5) is 5.69 Å². The number of para-hydroxylation sites is 1. The maximum atomic E-state index is 12.7. The number of hydrogen-bond donors (Lipinski definition) is 0. The fourth-order valence-electron chi connectivity index (χ4n) is 4.13. The van der Waals surface area contributed by atoms with Crippen molar-refractivity contribution in [1.82, 2.24) is 9.80 Å². The summed E-state index contributed by atoms with van der Waals surface area (Å²) in [6, 6.07) is 17.0. The Kier molecular flexibility index (Phi) is 4.19. The lowest BCUT2D eigenvalue weighted by Gasteiger charge is -2.36. The highest BCUT2D eigenvalue weighted by atomic mass is 16.2. The molecule has 0 bridgehead atoms. The van der Waals surface area contributed by atoms with Crippen LogP contribution in [0.1, 0.15) is 35.4 Å². The lowest BCUT2D eigenvalue weighted by molar-refractivity contribution is -0.131. The van der Waals surface area contributed by atoms with E-state index in [0.717, 1.165) is 55.6 Å². The van der Waals surface area contributed by atoms with E-state index in [9.17, 15) is 4.79 Å². The Morgan fingerprint density at radius 3 is 2.41 bits per heavy atom. The highest BCUT2D eigenvalue weighted by molar-refractivity contribution is 5.92. The van der Waals surface area contributed by atoms with E-state index in [1.165, 1.54) is 24.0 Å². The molecule has 2 aromatic rings. The molecule has 1 saturated heterocycles. The van der Waals surface area contributed by atoms with Crippen molar-refractivity contribution < 1.29 is 4.79 Å². The van der Waals surface area contributed by atoms with Gasteiger partial charge in [0.05, 0.1) is 12.1 Å². The first kappa shape index (κ1) is 16.5. The predicted octanol–water partition coefficient (Wildman–Crippen LogP) is 3.54. The lowest BCUT2D eigenvalue weighted by Crippen LogP contribution is -2.51. The first-order valence-corrected chi connectivity index (χ1v) is 10.0. The fourth-order valence-corrected chi connectivity index (χ4v) is 4.13. The minimum atomic E-state index is 0.241. The second kappa shape index (κ2) is 6.84. The van der Waals surface area contributed by atoms with Crippen LogP contribution in [0, 0.1) is 0 Å². The zero-order valence-electron chi connectivity index (χ0n) is 15.6. The Hall–Kier alpha value is -2.62. The molecule has 138 valence electrons. The third-order valence-corrected chi connectivity index (χ3v) is 5.97. The third-order valence-electron chi connectivity index (χ3n) is 5.97. The van der Waals surface area contributed by atoms with Crippen LogP contribution in [-0.2, 0) is 17.6 Å². The Labute approximate surface area is 160 Å². The summed E-state index contributed by atoms with van der Waals surface area (Å²) >= 11 is 0. The number of amidine groups is 1. The molecule has 1 saturated carbocycles. The molecule has 1 amide bonds. The molecule has 0 spiro atoms. The summed E-state index contributed by atoms with van der Waals surface area (Å²) in [5.74, 6) is 2.16. The summed E-state index contributed by atoms with van der Waals surface area (Å²) in [6.45, 7) is 3.32. The van der Waals surface area contributed by atoms with E-state index in [0.29, 0.717) is 6.42 Å². The van der Waals surface area contributed by atoms with Crippen molar-refractivity contribution in [2.24, 2.45) is 4.99 Å². The first-order valence-electron chi connectivity index (χ1n) is 10.0. The minimum absolute atomic E-state index is 0.241. The van der Waals surface area contributed by atoms with E-state index in [1.807, 2.05) is 11.0 Å². The molecule has 3 aliphatic rings. The largest absolute Gasteiger partial charge is 0.356 e. The molecule has 2 heterocycles. The number of rotatable bonds is 3. The Bertz CT molecular complexity index is 875. The van der Waals surface area contributed by atoms with Crippen LogP contribution >= 0.6 is 0 Å². The van der Waals surface area contributed by atoms with E-state index < -0.39 is 0 Å². The van der Waals surface area contributed by atoms with Crippen molar-refractivity contribution in [2.75, 3.05) is 26.2 Å². The maximum Gasteiger partial charge on any atom is 0.227 e. The van der Waals surface area contributed by atoms with E-state index in [4.69, 9.17) is 4.99 Å². The molecule has 2 aliphatic heterocycles. The van der Waals surface area contributed by atoms with Gasteiger partial charge in [0, 0.05) is 32.6 Å². The van der Waals surface area contributed by atoms with Crippen LogP contribution in [-0.4, -0.2) is 47.7 Å². The smallest absolute Gasteiger partial charge is 0.227 e. The summed E-state index contributed by atoms with van der Waals surface area (Å²) < 4.78 is 0. The van der Waals surface area contributed by atoms with Crippen molar-refractivity contribution in [3.05, 3.63) is 65.2 Å². The third kappa shape index (κ3) is 3.48. The molecule has 4 heteroatoms. The van der Waals surface area contributed by atoms with Gasteiger partial charge in [-0.15, -0.1) is 0 Å². The van der Waals surface area contributed by atoms with Gasteiger partial charge in [-0.3, -0.25) is 4.79 Å². The molecule has 4 nitrogen and oxygen atoms in total. The molecule has 0 radical (unpaired) electrons. The average molecular weight is 359 g/mol. The van der Waals surface area contributed by atoms with Gasteiger partial charge in [0.1, 0.15) is 5.84 Å². The van der Waals surface area contributed by atoms with Crippen LogP contribution in [0.15, 0.2) is 53.5 Å². The first-order chi connectivity index (χ1) is 13.3. The highest BCUT2D eigenvalue weighted by Crippen LogP contribution is 2.39. The topological polar surface area (TPSA) is 35.9 Å². The summed E-state index contributed by atoms with van der Waals surface area (Å²) in [5.41, 5.74) is 4.96. The summed E-state index contributed by atoms with van der Waals surface area (Å²) in [5, 5.41) is 0. The molecule has 2 fully saturated rings. The Morgan fingerprint density at radius 1 is 0.963 bits per heavy atom. The highest BCUT2D eigenvalue weighted by Gasteiger charge is 2.26. The minimum Gasteiger partial charge on any atom is -0.356 e. The Morgan fingerprint density at radius 2 is 1.70 bits per heavy atom. The van der Waals surface area contributed by atoms with Crippen molar-refractivity contribution in [1.29, 1.82) is 0 Å². The zero-order valence-corrected chi connectivity index (χ0v) is 15.6. The van der Waals surface area contributed by atoms with Gasteiger partial charge < -0.3 is 9.80 Å². The second-order valence-corrected chi connectivity index (χ2v) is 7.89. The van der Waals surface area contributed by atoms with Crippen molar-refractivity contribution in [2.45, 2.75) is 31.6 Å². The van der Waals surface area contributed by atoms with Crippen LogP contribution in [0.25, 0.3) is 0 Å². The molecule has 1 aliphatic carbocycles. The second-order valence-electron chi connectivity index (χ2n) is 7.89. The van der Waals surface area contributed by atoms with Gasteiger partial charge in [-0.1, -0.05) is 42.5 Å². The number of hydrogen-bond acceptors (Lipinski definition) is 3. The lowest BCUT2D eigenvalue weighted by atomic mass is 10.1. The maximum absolute atomic E-state index is 12.7. The monoisotopic (exact) mass is 359 g/mol. The van der Waals surface area contributed by atoms with Gasteiger partial charge in [-0.25, -0.2) is 4.99 Å². The van der Waals surface area contributed by atoms with Crippen LogP contribution in [0.5, 0.6) is 0 Å². The van der Waals surface area contributed by atoms with Gasteiger partial charge in [-0.05, 0) is 41.5 Å². The van der Waals surface area contributed by atoms with Gasteiger partial charge in [0.2, 0.25) is 5.91 Å². The summed E-state index contributed by atoms with van der Waals surface area (Å²) in [7, 11) is 0. The number of nitrogens with zero attached hydrogens (tertiary/aromatic N) is 3. The molecule has 27 heavy (non-hydrogen) atoms. The molecule has 0 N–H and O–H groups in total. The summed E-state index contributed by atoms with van der Waals surface area (Å²) in [4.78, 5) is 21.8. The van der Waals surface area contributed by atoms with Gasteiger partial charge >= 0.3 is 0 Å². The molecular formula is C23H25N3O. The van der Waals surface area contributed by atoms with Gasteiger partial charge in [0.15, 0.2) is 0 Å². The average Bonchev–Trinajstić information content (AvgIpc) is 3.47. The number of piperazine rings is 1. The van der Waals surface area contributed by atoms with Crippen LogP contribution in [0.3, 0.4) is 0 Å². The SMILES string of the molecule is O=C(Cc1ccc(C2CC2)cc1)N1CCN(C2=Nc3ccccc3C2)CC1. The van der Waals surface area contributed by atoms with E-state index in [2.05, 4.69) is 47.4 Å². The van der Waals surface area contributed by atoms with Crippen molar-refractivity contribution in [3.63, 3.8) is 0 Å². The fraction of sp³-hybridized carbons (Fsp3) is 0.391. The molecule has 5 rings (SSSR count). The van der Waals surface area contributed by atoms with Gasteiger partial charge in [0.25, 0.3) is 0 Å². The number of amides is 1. The quantitative estimate of drug-likeness (QED) is 0.840. The number of carbonyl (C=O) groups is 1. The molecule has 0 atom stereocenters. The Balaban J connectivity index is 1.15. The molecular weight excluding hydrogens is 334 g/mol. The standard InChI is InChI=1S/C23H25N3O/c27-23(15-17-5-7-18(8-6-17)19-9-10-19)26-13-11-25(12-14-26)22-16-20-3-1-2-4-21(20)24-22/h1-8,19H,9-16H2. The molecule has 0 aromatic heterocycles. The van der Waals surface area contributed by atoms with Crippen LogP contribution < -0.4 is 0 Å². The van der Waals surface area contributed by atoms with E-state index in [-0.39, 0.29) is 5.91 Å². The number of carbonyl (C=O) groups excluding carboxylic acids is 1. The normalized spacial score (nSPS) is 19.0. The summed E-state index contributed by atoms with van der Waals surface area (Å²) in [6.07, 6.45) is 4.06. The van der Waals surface area contributed by atoms with Crippen molar-refractivity contribution in [3.8, 4) is 0 Å². The molecule has 2 aromatic carbocycles. The number of fused-ring (bicyclic) bond motifs is 1. The van der Waals surface area contributed by atoms with E-state index >= 15 is 0 Å². The van der Waals surface area contributed by atoms with Gasteiger partial charge in [-0.2, -0.15) is 0 Å². The number of benzene rings is 2. The zero-order chi connectivity index (χ0) is 18.2. The molecule has 0 unspecified atom stereocenters. The van der Waals surface area contributed by atoms with Crippen LogP contribution in [0.2, 0.25) is 0 Å². The number of aliphatic imine (C=N–C) groups is 1. The van der Waals surface area contributed by atoms with E-state index in [1.54, 1.807) is 0 Å². The van der Waals surface area contributed by atoms with Crippen molar-refractivity contribution >= 4 is 17.4 Å². The predicted molar refractivity (Wildman–Crippen MR) is 108 cm³/mol.